The summed E-state index contributed by atoms with van der Waals surface area (Å²) < 4.78 is 5.68. The number of hydrogen-bond donors (Lipinski definition) is 3. The summed E-state index contributed by atoms with van der Waals surface area (Å²) in [5.74, 6) is -1.06. The minimum absolute atomic E-state index is 0.123. The molecule has 1 aliphatic heterocycles. The molecule has 2 atom stereocenters. The molecular formula is C22H24N2O5. The van der Waals surface area contributed by atoms with Gasteiger partial charge in [-0.1, -0.05) is 38.1 Å². The van der Waals surface area contributed by atoms with Crippen molar-refractivity contribution in [2.75, 3.05) is 5.32 Å². The number of carboxylic acids is 1. The van der Waals surface area contributed by atoms with Gasteiger partial charge in [-0.05, 0) is 42.2 Å². The van der Waals surface area contributed by atoms with Gasteiger partial charge < -0.3 is 20.5 Å². The van der Waals surface area contributed by atoms with Crippen molar-refractivity contribution >= 4 is 23.5 Å². The number of aliphatic carboxylic acids is 1. The average Bonchev–Trinajstić information content (AvgIpc) is 3.11. The number of fused-ring (bicyclic) bond motifs is 1. The van der Waals surface area contributed by atoms with Gasteiger partial charge in [0.2, 0.25) is 0 Å². The standard InChI is InChI=1S/C22H24N2O5/c1-13(2)10-17(22(27)28)24-20(25)15-7-5-8-16(11-15)23-21(26)19-12-14-6-3-4-9-18(14)29-19/h3-9,11,13,17,19H,10,12H2,1-2H3,(H,23,26)(H,24,25)(H,27,28). The van der Waals surface area contributed by atoms with Crippen LogP contribution < -0.4 is 15.4 Å². The van der Waals surface area contributed by atoms with Crippen LogP contribution in [-0.2, 0) is 16.0 Å². The number of para-hydroxylation sites is 1. The normalized spacial score (nSPS) is 15.9. The molecule has 0 saturated carbocycles. The highest BCUT2D eigenvalue weighted by Crippen LogP contribution is 2.28. The van der Waals surface area contributed by atoms with E-state index in [1.165, 1.54) is 6.07 Å². The third-order valence-corrected chi connectivity index (χ3v) is 4.64. The van der Waals surface area contributed by atoms with Gasteiger partial charge in [-0.3, -0.25) is 9.59 Å². The molecule has 2 unspecified atom stereocenters. The van der Waals surface area contributed by atoms with Crippen LogP contribution >= 0.6 is 0 Å². The zero-order valence-electron chi connectivity index (χ0n) is 16.3. The highest BCUT2D eigenvalue weighted by Gasteiger charge is 2.29. The first-order valence-corrected chi connectivity index (χ1v) is 9.52. The van der Waals surface area contributed by atoms with Crippen LogP contribution in [0.4, 0.5) is 5.69 Å². The Morgan fingerprint density at radius 1 is 1.14 bits per heavy atom. The lowest BCUT2D eigenvalue weighted by atomic mass is 10.0. The maximum absolute atomic E-state index is 12.5. The van der Waals surface area contributed by atoms with Crippen molar-refractivity contribution in [3.63, 3.8) is 0 Å². The number of rotatable bonds is 7. The molecule has 0 radical (unpaired) electrons. The van der Waals surface area contributed by atoms with Crippen molar-refractivity contribution in [3.8, 4) is 5.75 Å². The van der Waals surface area contributed by atoms with Crippen LogP contribution in [0, 0.1) is 5.92 Å². The first-order valence-electron chi connectivity index (χ1n) is 9.52. The molecule has 2 amide bonds. The lowest BCUT2D eigenvalue weighted by Gasteiger charge is -2.17. The molecule has 152 valence electrons. The lowest BCUT2D eigenvalue weighted by Crippen LogP contribution is -2.41. The van der Waals surface area contributed by atoms with Crippen LogP contribution in [0.3, 0.4) is 0 Å². The molecule has 0 bridgehead atoms. The second kappa shape index (κ2) is 8.77. The van der Waals surface area contributed by atoms with E-state index in [1.54, 1.807) is 18.2 Å². The third-order valence-electron chi connectivity index (χ3n) is 4.64. The van der Waals surface area contributed by atoms with E-state index in [4.69, 9.17) is 4.74 Å². The van der Waals surface area contributed by atoms with Gasteiger partial charge in [-0.25, -0.2) is 4.79 Å². The Labute approximate surface area is 169 Å². The van der Waals surface area contributed by atoms with Gasteiger partial charge in [0, 0.05) is 17.7 Å². The van der Waals surface area contributed by atoms with Crippen molar-refractivity contribution in [3.05, 3.63) is 59.7 Å². The minimum Gasteiger partial charge on any atom is -0.480 e. The molecule has 3 rings (SSSR count). The van der Waals surface area contributed by atoms with Crippen LogP contribution in [0.25, 0.3) is 0 Å². The molecular weight excluding hydrogens is 372 g/mol. The predicted octanol–water partition coefficient (Wildman–Crippen LogP) is 2.86. The number of carbonyl (C=O) groups is 3. The number of amides is 2. The second-order valence-corrected chi connectivity index (χ2v) is 7.48. The SMILES string of the molecule is CC(C)CC(NC(=O)c1cccc(NC(=O)C2Cc3ccccc3O2)c1)C(=O)O. The summed E-state index contributed by atoms with van der Waals surface area (Å²) in [4.78, 5) is 36.4. The number of carbonyl (C=O) groups excluding carboxylic acids is 2. The van der Waals surface area contributed by atoms with E-state index >= 15 is 0 Å². The molecule has 3 N–H and O–H groups in total. The summed E-state index contributed by atoms with van der Waals surface area (Å²) in [6.45, 7) is 3.78. The molecule has 0 saturated heterocycles. The average molecular weight is 396 g/mol. The van der Waals surface area contributed by atoms with Crippen LogP contribution in [0.15, 0.2) is 48.5 Å². The van der Waals surface area contributed by atoms with Crippen molar-refractivity contribution in [1.82, 2.24) is 5.32 Å². The van der Waals surface area contributed by atoms with Gasteiger partial charge in [0.05, 0.1) is 0 Å². The Morgan fingerprint density at radius 2 is 1.90 bits per heavy atom. The maximum atomic E-state index is 12.5. The monoisotopic (exact) mass is 396 g/mol. The lowest BCUT2D eigenvalue weighted by molar-refractivity contribution is -0.139. The summed E-state index contributed by atoms with van der Waals surface area (Å²) in [5, 5.41) is 14.6. The fourth-order valence-corrected chi connectivity index (χ4v) is 3.22. The third kappa shape index (κ3) is 5.13. The highest BCUT2D eigenvalue weighted by molar-refractivity contribution is 5.99. The number of nitrogens with one attached hydrogen (secondary N) is 2. The molecule has 0 aliphatic carbocycles. The van der Waals surface area contributed by atoms with E-state index in [2.05, 4.69) is 10.6 Å². The summed E-state index contributed by atoms with van der Waals surface area (Å²) >= 11 is 0. The summed E-state index contributed by atoms with van der Waals surface area (Å²) in [6, 6.07) is 12.9. The Morgan fingerprint density at radius 3 is 2.59 bits per heavy atom. The van der Waals surface area contributed by atoms with E-state index in [1.807, 2.05) is 38.1 Å². The molecule has 29 heavy (non-hydrogen) atoms. The first kappa shape index (κ1) is 20.4. The van der Waals surface area contributed by atoms with Crippen LogP contribution in [0.1, 0.15) is 36.2 Å². The molecule has 7 heteroatoms. The van der Waals surface area contributed by atoms with E-state index in [0.717, 1.165) is 5.56 Å². The van der Waals surface area contributed by atoms with Crippen LogP contribution in [0.5, 0.6) is 5.75 Å². The molecule has 1 aliphatic rings. The zero-order chi connectivity index (χ0) is 21.0. The number of carboxylic acid groups (broad SMARTS) is 1. The molecule has 7 nitrogen and oxygen atoms in total. The molecule has 2 aromatic rings. The fraction of sp³-hybridized carbons (Fsp3) is 0.318. The van der Waals surface area contributed by atoms with Crippen molar-refractivity contribution in [1.29, 1.82) is 0 Å². The van der Waals surface area contributed by atoms with Gasteiger partial charge in [-0.15, -0.1) is 0 Å². The van der Waals surface area contributed by atoms with Crippen molar-refractivity contribution < 1.29 is 24.2 Å². The van der Waals surface area contributed by atoms with Crippen LogP contribution in [-0.4, -0.2) is 35.0 Å². The number of ether oxygens (including phenoxy) is 1. The van der Waals surface area contributed by atoms with Gasteiger partial charge >= 0.3 is 5.97 Å². The number of hydrogen-bond acceptors (Lipinski definition) is 4. The van der Waals surface area contributed by atoms with Gasteiger partial charge in [0.25, 0.3) is 11.8 Å². The molecule has 0 aromatic heterocycles. The summed E-state index contributed by atoms with van der Waals surface area (Å²) in [7, 11) is 0. The smallest absolute Gasteiger partial charge is 0.326 e. The Bertz CT molecular complexity index is 900. The Kier molecular flexibility index (Phi) is 6.16. The fourth-order valence-electron chi connectivity index (χ4n) is 3.22. The predicted molar refractivity (Wildman–Crippen MR) is 108 cm³/mol. The van der Waals surface area contributed by atoms with E-state index < -0.39 is 24.0 Å². The maximum Gasteiger partial charge on any atom is 0.326 e. The topological polar surface area (TPSA) is 105 Å². The highest BCUT2D eigenvalue weighted by atomic mass is 16.5. The zero-order valence-corrected chi connectivity index (χ0v) is 16.3. The summed E-state index contributed by atoms with van der Waals surface area (Å²) in [5.41, 5.74) is 1.69. The summed E-state index contributed by atoms with van der Waals surface area (Å²) in [6.07, 6.45) is 0.182. The molecule has 0 fully saturated rings. The molecule has 2 aromatic carbocycles. The van der Waals surface area contributed by atoms with E-state index in [-0.39, 0.29) is 17.4 Å². The largest absolute Gasteiger partial charge is 0.480 e. The van der Waals surface area contributed by atoms with E-state index in [9.17, 15) is 19.5 Å². The molecule has 1 heterocycles. The van der Waals surface area contributed by atoms with E-state index in [0.29, 0.717) is 24.3 Å². The number of benzene rings is 2. The quantitative estimate of drug-likeness (QED) is 0.668. The molecule has 0 spiro atoms. The van der Waals surface area contributed by atoms with Gasteiger partial charge in [0.1, 0.15) is 11.8 Å². The minimum atomic E-state index is -1.07. The van der Waals surface area contributed by atoms with Crippen molar-refractivity contribution in [2.24, 2.45) is 5.92 Å². The van der Waals surface area contributed by atoms with Gasteiger partial charge in [0.15, 0.2) is 6.10 Å². The van der Waals surface area contributed by atoms with Crippen LogP contribution in [0.2, 0.25) is 0 Å². The van der Waals surface area contributed by atoms with Crippen molar-refractivity contribution in [2.45, 2.75) is 38.8 Å². The first-order chi connectivity index (χ1) is 13.8. The second-order valence-electron chi connectivity index (χ2n) is 7.48. The number of anilines is 1. The Balaban J connectivity index is 1.64. The Hall–Kier alpha value is -3.35. The van der Waals surface area contributed by atoms with Gasteiger partial charge in [-0.2, -0.15) is 0 Å².